The number of nitrogens with zero attached hydrogens (tertiary/aromatic N) is 3. The van der Waals surface area contributed by atoms with Crippen molar-refractivity contribution in [1.29, 1.82) is 0 Å². The first-order valence-electron chi connectivity index (χ1n) is 6.81. The number of anilines is 1. The monoisotopic (exact) mass is 246 g/mol. The normalized spacial score (nSPS) is 27.4. The molecule has 0 aromatic carbocycles. The Kier molecular flexibility index (Phi) is 3.22. The van der Waals surface area contributed by atoms with E-state index in [9.17, 15) is 0 Å². The second-order valence-electron chi connectivity index (χ2n) is 5.66. The van der Waals surface area contributed by atoms with Gasteiger partial charge in [-0.1, -0.05) is 6.07 Å². The molecule has 0 bridgehead atoms. The molecule has 0 amide bonds. The van der Waals surface area contributed by atoms with Gasteiger partial charge in [-0.3, -0.25) is 4.90 Å². The summed E-state index contributed by atoms with van der Waals surface area (Å²) < 4.78 is 0. The highest BCUT2D eigenvalue weighted by Crippen LogP contribution is 2.28. The predicted molar refractivity (Wildman–Crippen MR) is 73.7 cm³/mol. The molecule has 2 saturated heterocycles. The largest absolute Gasteiger partial charge is 0.363 e. The Morgan fingerprint density at radius 2 is 2.28 bits per heavy atom. The Balaban J connectivity index is 1.65. The van der Waals surface area contributed by atoms with E-state index < -0.39 is 0 Å². The molecule has 0 unspecified atom stereocenters. The fourth-order valence-electron chi connectivity index (χ4n) is 3.14. The molecule has 4 nitrogen and oxygen atoms in total. The van der Waals surface area contributed by atoms with Gasteiger partial charge in [0.25, 0.3) is 0 Å². The number of aromatic nitrogens is 1. The van der Waals surface area contributed by atoms with Gasteiger partial charge in [0.15, 0.2) is 0 Å². The molecule has 0 spiro atoms. The summed E-state index contributed by atoms with van der Waals surface area (Å²) in [5, 5.41) is 3.50. The van der Waals surface area contributed by atoms with E-state index in [-0.39, 0.29) is 0 Å². The molecule has 2 aliphatic heterocycles. The summed E-state index contributed by atoms with van der Waals surface area (Å²) in [6, 6.07) is 5.06. The van der Waals surface area contributed by atoms with E-state index in [0.29, 0.717) is 0 Å². The number of fused-ring (bicyclic) bond motifs is 1. The van der Waals surface area contributed by atoms with E-state index >= 15 is 0 Å². The molecule has 3 rings (SSSR count). The average Bonchev–Trinajstić information content (AvgIpc) is 2.95. The summed E-state index contributed by atoms with van der Waals surface area (Å²) in [6.07, 6.45) is 3.37. The summed E-state index contributed by atoms with van der Waals surface area (Å²) in [5.41, 5.74) is 1.33. The fourth-order valence-corrected chi connectivity index (χ4v) is 3.14. The minimum absolute atomic E-state index is 0.749. The van der Waals surface area contributed by atoms with E-state index in [1.54, 1.807) is 0 Å². The molecule has 0 aliphatic carbocycles. The third-order valence-corrected chi connectivity index (χ3v) is 4.21. The second kappa shape index (κ2) is 4.86. The van der Waals surface area contributed by atoms with E-state index in [2.05, 4.69) is 27.3 Å². The van der Waals surface area contributed by atoms with Crippen LogP contribution in [0.1, 0.15) is 12.0 Å². The zero-order valence-electron chi connectivity index (χ0n) is 11.3. The highest BCUT2D eigenvalue weighted by Gasteiger charge is 2.37. The quantitative estimate of drug-likeness (QED) is 0.860. The summed E-state index contributed by atoms with van der Waals surface area (Å²) in [5.74, 6) is 1.90. The van der Waals surface area contributed by atoms with Crippen LogP contribution in [0.2, 0.25) is 0 Å². The van der Waals surface area contributed by atoms with Crippen LogP contribution >= 0.6 is 0 Å². The van der Waals surface area contributed by atoms with Crippen LogP contribution in [0.5, 0.6) is 0 Å². The third-order valence-electron chi connectivity index (χ3n) is 4.21. The smallest absolute Gasteiger partial charge is 0.127 e. The van der Waals surface area contributed by atoms with Crippen molar-refractivity contribution in [3.8, 4) is 0 Å². The SMILES string of the molecule is CN(C)c1ccc(CN2CC[C@H]3CNC[C@H]32)cn1. The maximum absolute atomic E-state index is 4.49. The lowest BCUT2D eigenvalue weighted by Gasteiger charge is -2.23. The highest BCUT2D eigenvalue weighted by molar-refractivity contribution is 5.37. The number of hydrogen-bond acceptors (Lipinski definition) is 4. The number of hydrogen-bond donors (Lipinski definition) is 1. The molecule has 0 saturated carbocycles. The van der Waals surface area contributed by atoms with Crippen LogP contribution in [0.25, 0.3) is 0 Å². The third kappa shape index (κ3) is 2.22. The van der Waals surface area contributed by atoms with Crippen LogP contribution < -0.4 is 10.2 Å². The molecule has 0 radical (unpaired) electrons. The van der Waals surface area contributed by atoms with Crippen molar-refractivity contribution in [2.75, 3.05) is 38.6 Å². The summed E-state index contributed by atoms with van der Waals surface area (Å²) >= 11 is 0. The summed E-state index contributed by atoms with van der Waals surface area (Å²) in [4.78, 5) is 9.14. The van der Waals surface area contributed by atoms with E-state index in [1.165, 1.54) is 25.1 Å². The number of pyridine rings is 1. The molecule has 4 heteroatoms. The van der Waals surface area contributed by atoms with E-state index in [1.807, 2.05) is 25.2 Å². The van der Waals surface area contributed by atoms with Crippen LogP contribution in [-0.2, 0) is 6.54 Å². The van der Waals surface area contributed by atoms with Gasteiger partial charge in [0, 0.05) is 39.4 Å². The van der Waals surface area contributed by atoms with Crippen molar-refractivity contribution in [3.05, 3.63) is 23.9 Å². The molecule has 2 atom stereocenters. The first-order chi connectivity index (χ1) is 8.74. The maximum Gasteiger partial charge on any atom is 0.127 e. The van der Waals surface area contributed by atoms with Crippen molar-refractivity contribution < 1.29 is 0 Å². The van der Waals surface area contributed by atoms with Crippen LogP contribution in [0.4, 0.5) is 5.82 Å². The maximum atomic E-state index is 4.49. The van der Waals surface area contributed by atoms with Crippen LogP contribution in [0, 0.1) is 5.92 Å². The highest BCUT2D eigenvalue weighted by atomic mass is 15.2. The standard InChI is InChI=1S/C14H22N4/c1-17(2)14-4-3-11(7-16-14)10-18-6-5-12-8-15-9-13(12)18/h3-4,7,12-13,15H,5-6,8-10H2,1-2H3/t12-,13+/m0/s1. The van der Waals surface area contributed by atoms with Gasteiger partial charge in [-0.15, -0.1) is 0 Å². The summed E-state index contributed by atoms with van der Waals surface area (Å²) in [6.45, 7) is 4.66. The van der Waals surface area contributed by atoms with Crippen LogP contribution in [-0.4, -0.2) is 49.7 Å². The van der Waals surface area contributed by atoms with E-state index in [4.69, 9.17) is 0 Å². The predicted octanol–water partition coefficient (Wildman–Crippen LogP) is 0.941. The topological polar surface area (TPSA) is 31.4 Å². The molecular weight excluding hydrogens is 224 g/mol. The van der Waals surface area contributed by atoms with Gasteiger partial charge in [-0.25, -0.2) is 4.98 Å². The zero-order valence-corrected chi connectivity index (χ0v) is 11.3. The van der Waals surface area contributed by atoms with Crippen LogP contribution in [0.15, 0.2) is 18.3 Å². The number of likely N-dealkylation sites (tertiary alicyclic amines) is 1. The van der Waals surface area contributed by atoms with Crippen molar-refractivity contribution >= 4 is 5.82 Å². The first kappa shape index (κ1) is 11.9. The molecule has 1 N–H and O–H groups in total. The first-order valence-corrected chi connectivity index (χ1v) is 6.81. The molecule has 3 heterocycles. The van der Waals surface area contributed by atoms with Crippen molar-refractivity contribution in [2.24, 2.45) is 5.92 Å². The lowest BCUT2D eigenvalue weighted by Crippen LogP contribution is -2.33. The number of nitrogens with one attached hydrogen (secondary N) is 1. The van der Waals surface area contributed by atoms with Crippen molar-refractivity contribution in [2.45, 2.75) is 19.0 Å². The second-order valence-corrected chi connectivity index (χ2v) is 5.66. The van der Waals surface area contributed by atoms with Gasteiger partial charge in [0.1, 0.15) is 5.82 Å². The lowest BCUT2D eigenvalue weighted by molar-refractivity contribution is 0.244. The van der Waals surface area contributed by atoms with Gasteiger partial charge in [0.05, 0.1) is 0 Å². The number of rotatable bonds is 3. The molecule has 18 heavy (non-hydrogen) atoms. The molecule has 1 aromatic rings. The Bertz CT molecular complexity index is 401. The minimum atomic E-state index is 0.749. The molecule has 98 valence electrons. The zero-order chi connectivity index (χ0) is 12.5. The van der Waals surface area contributed by atoms with E-state index in [0.717, 1.165) is 30.9 Å². The Labute approximate surface area is 109 Å². The Morgan fingerprint density at radius 1 is 1.39 bits per heavy atom. The lowest BCUT2D eigenvalue weighted by atomic mass is 10.1. The van der Waals surface area contributed by atoms with Crippen molar-refractivity contribution in [3.63, 3.8) is 0 Å². The molecular formula is C14H22N4. The molecule has 2 fully saturated rings. The average molecular weight is 246 g/mol. The van der Waals surface area contributed by atoms with Gasteiger partial charge >= 0.3 is 0 Å². The van der Waals surface area contributed by atoms with Gasteiger partial charge < -0.3 is 10.2 Å². The Hall–Kier alpha value is -1.13. The van der Waals surface area contributed by atoms with Gasteiger partial charge in [-0.05, 0) is 37.1 Å². The summed E-state index contributed by atoms with van der Waals surface area (Å²) in [7, 11) is 4.05. The van der Waals surface area contributed by atoms with Crippen molar-refractivity contribution in [1.82, 2.24) is 15.2 Å². The Morgan fingerprint density at radius 3 is 3.00 bits per heavy atom. The minimum Gasteiger partial charge on any atom is -0.363 e. The molecule has 1 aromatic heterocycles. The van der Waals surface area contributed by atoms with Gasteiger partial charge in [0.2, 0.25) is 0 Å². The van der Waals surface area contributed by atoms with Crippen LogP contribution in [0.3, 0.4) is 0 Å². The fraction of sp³-hybridized carbons (Fsp3) is 0.643. The van der Waals surface area contributed by atoms with Gasteiger partial charge in [-0.2, -0.15) is 0 Å². The molecule has 2 aliphatic rings.